The first kappa shape index (κ1) is 42.4. The van der Waals surface area contributed by atoms with Gasteiger partial charge < -0.3 is 61.0 Å². The van der Waals surface area contributed by atoms with Crippen molar-refractivity contribution in [3.05, 3.63) is 5.32 Å². The van der Waals surface area contributed by atoms with Gasteiger partial charge in [0.1, 0.15) is 12.2 Å². The van der Waals surface area contributed by atoms with Crippen LogP contribution in [0, 0.1) is 0 Å². The van der Waals surface area contributed by atoms with E-state index in [0.717, 1.165) is 0 Å². The molecule has 0 spiro atoms. The molecule has 9 N–H and O–H groups in total. The van der Waals surface area contributed by atoms with Gasteiger partial charge in [-0.3, -0.25) is 0 Å². The zero-order valence-corrected chi connectivity index (χ0v) is 23.1. The minimum atomic E-state index is -1.57. The van der Waals surface area contributed by atoms with E-state index >= 15 is 0 Å². The third-order valence-electron chi connectivity index (χ3n) is 2.99. The first-order valence-corrected chi connectivity index (χ1v) is 10.5. The molecule has 0 bridgehead atoms. The average Bonchev–Trinajstić information content (AvgIpc) is 2.75. The second kappa shape index (κ2) is 33.4. The molecular formula is C19H47N2O10W-. The van der Waals surface area contributed by atoms with E-state index in [2.05, 4.69) is 5.32 Å². The SMILES string of the molecule is CC.CC.CC(O)C(CO)OCC(O)O.CC(O)C(CO)OCC(O)OC[N-]CCN.[W]. The van der Waals surface area contributed by atoms with Gasteiger partial charge in [0.15, 0.2) is 12.6 Å². The van der Waals surface area contributed by atoms with E-state index in [1.807, 2.05) is 27.7 Å². The number of nitrogens with two attached hydrogens (primary N) is 1. The van der Waals surface area contributed by atoms with E-state index in [-0.39, 0.29) is 54.2 Å². The molecule has 0 aromatic carbocycles. The van der Waals surface area contributed by atoms with Crippen molar-refractivity contribution in [2.24, 2.45) is 5.73 Å². The summed E-state index contributed by atoms with van der Waals surface area (Å²) in [4.78, 5) is 0. The Morgan fingerprint density at radius 3 is 1.47 bits per heavy atom. The predicted molar refractivity (Wildman–Crippen MR) is 117 cm³/mol. The van der Waals surface area contributed by atoms with Crippen LogP contribution in [-0.2, 0) is 35.3 Å². The van der Waals surface area contributed by atoms with E-state index in [4.69, 9.17) is 50.6 Å². The minimum absolute atomic E-state index is 0. The van der Waals surface area contributed by atoms with Crippen LogP contribution >= 0.6 is 0 Å². The first-order valence-electron chi connectivity index (χ1n) is 10.5. The summed E-state index contributed by atoms with van der Waals surface area (Å²) in [5.41, 5.74) is 5.20. The molecule has 5 unspecified atom stereocenters. The molecule has 0 heterocycles. The summed E-state index contributed by atoms with van der Waals surface area (Å²) in [5.74, 6) is 0. The van der Waals surface area contributed by atoms with Gasteiger partial charge in [-0.1, -0.05) is 27.7 Å². The van der Waals surface area contributed by atoms with Gasteiger partial charge in [0, 0.05) is 21.1 Å². The van der Waals surface area contributed by atoms with Crippen molar-refractivity contribution in [1.82, 2.24) is 0 Å². The fourth-order valence-electron chi connectivity index (χ4n) is 1.45. The molecule has 0 radical (unpaired) electrons. The predicted octanol–water partition coefficient (Wildman–Crippen LogP) is -1.53. The number of nitrogens with zero attached hydrogens (tertiary/aromatic N) is 1. The smallest absolute Gasteiger partial charge is 0.176 e. The molecule has 32 heavy (non-hydrogen) atoms. The van der Waals surface area contributed by atoms with E-state index in [1.54, 1.807) is 0 Å². The number of hydrogen-bond donors (Lipinski definition) is 8. The summed E-state index contributed by atoms with van der Waals surface area (Å²) in [6, 6.07) is 0. The van der Waals surface area contributed by atoms with Crippen molar-refractivity contribution in [3.63, 3.8) is 0 Å². The molecule has 0 aliphatic carbocycles. The number of ether oxygens (including phenoxy) is 3. The second-order valence-electron chi connectivity index (χ2n) is 5.56. The van der Waals surface area contributed by atoms with Crippen LogP contribution in [0.25, 0.3) is 5.32 Å². The van der Waals surface area contributed by atoms with Gasteiger partial charge in [0.25, 0.3) is 0 Å². The van der Waals surface area contributed by atoms with E-state index in [1.165, 1.54) is 13.8 Å². The monoisotopic (exact) mass is 647 g/mol. The fourth-order valence-corrected chi connectivity index (χ4v) is 1.45. The quantitative estimate of drug-likeness (QED) is 0.0756. The maximum atomic E-state index is 9.27. The van der Waals surface area contributed by atoms with Gasteiger partial charge in [0.05, 0.1) is 38.6 Å². The number of hydrogen-bond acceptors (Lipinski definition) is 11. The molecule has 0 aliphatic heterocycles. The number of aliphatic hydroxyl groups excluding tert-OH is 6. The number of rotatable bonds is 15. The molecule has 0 saturated carbocycles. The normalized spacial score (nSPS) is 14.7. The number of aliphatic hydroxyl groups is 7. The van der Waals surface area contributed by atoms with E-state index < -0.39 is 37.0 Å². The minimum Gasteiger partial charge on any atom is -0.638 e. The second-order valence-corrected chi connectivity index (χ2v) is 5.56. The molecule has 0 amide bonds. The summed E-state index contributed by atoms with van der Waals surface area (Å²) in [6.07, 6.45) is -5.80. The largest absolute Gasteiger partial charge is 0.638 e. The molecular weight excluding hydrogens is 600 g/mol. The first-order chi connectivity index (χ1) is 14.7. The zero-order chi connectivity index (χ0) is 25.2. The van der Waals surface area contributed by atoms with E-state index in [9.17, 15) is 5.11 Å². The summed E-state index contributed by atoms with van der Waals surface area (Å²) >= 11 is 0. The van der Waals surface area contributed by atoms with Crippen molar-refractivity contribution in [3.8, 4) is 0 Å². The molecule has 0 saturated heterocycles. The summed E-state index contributed by atoms with van der Waals surface area (Å²) in [5, 5.41) is 65.2. The molecule has 5 atom stereocenters. The van der Waals surface area contributed by atoms with Crippen LogP contribution in [0.15, 0.2) is 0 Å². The Labute approximate surface area is 207 Å². The Morgan fingerprint density at radius 2 is 1.16 bits per heavy atom. The average molecular weight is 647 g/mol. The van der Waals surface area contributed by atoms with Gasteiger partial charge in [-0.2, -0.15) is 0 Å². The summed E-state index contributed by atoms with van der Waals surface area (Å²) < 4.78 is 14.6. The van der Waals surface area contributed by atoms with Gasteiger partial charge >= 0.3 is 0 Å². The molecule has 12 nitrogen and oxygen atoms in total. The molecule has 0 fully saturated rings. The Bertz CT molecular complexity index is 320. The van der Waals surface area contributed by atoms with Crippen LogP contribution in [0.5, 0.6) is 0 Å². The van der Waals surface area contributed by atoms with Crippen molar-refractivity contribution in [2.45, 2.75) is 78.5 Å². The van der Waals surface area contributed by atoms with Crippen molar-refractivity contribution in [2.75, 3.05) is 46.2 Å². The third-order valence-corrected chi connectivity index (χ3v) is 2.99. The Hall–Kier alpha value is 0.208. The van der Waals surface area contributed by atoms with Gasteiger partial charge in [-0.15, -0.1) is 6.54 Å². The molecule has 200 valence electrons. The third kappa shape index (κ3) is 32.4. The van der Waals surface area contributed by atoms with Crippen LogP contribution in [0.2, 0.25) is 0 Å². The van der Waals surface area contributed by atoms with Crippen LogP contribution in [0.4, 0.5) is 0 Å². The standard InChI is InChI=1S/C9H21N2O5.C6H14O5.2C2H6.W/c1-7(13)8(4-12)15-5-9(14)16-6-11-3-2-10;1-4(8)5(2-7)11-3-6(9)10;2*1-2;/h7-9,12-14H,2-6,10H2,1H3;4-10H,2-3H2,1H3;2*1-2H3;/q-1;;;;. The maximum Gasteiger partial charge on any atom is 0.176 e. The van der Waals surface area contributed by atoms with Gasteiger partial charge in [0.2, 0.25) is 0 Å². The van der Waals surface area contributed by atoms with Gasteiger partial charge in [-0.05, 0) is 27.1 Å². The maximum absolute atomic E-state index is 9.27. The molecule has 0 aromatic rings. The van der Waals surface area contributed by atoms with Crippen molar-refractivity contribution in [1.29, 1.82) is 0 Å². The van der Waals surface area contributed by atoms with Crippen LogP contribution in [-0.4, -0.2) is 119 Å². The van der Waals surface area contributed by atoms with Crippen LogP contribution in [0.3, 0.4) is 0 Å². The molecule has 0 aromatic heterocycles. The molecule has 0 aliphatic rings. The topological polar surface area (TPSA) is 209 Å². The summed E-state index contributed by atoms with van der Waals surface area (Å²) in [6.45, 7) is 10.8. The van der Waals surface area contributed by atoms with E-state index in [0.29, 0.717) is 13.1 Å². The van der Waals surface area contributed by atoms with Crippen LogP contribution < -0.4 is 5.73 Å². The Morgan fingerprint density at radius 1 is 0.750 bits per heavy atom. The molecule has 13 heteroatoms. The van der Waals surface area contributed by atoms with Crippen molar-refractivity contribution >= 4 is 0 Å². The van der Waals surface area contributed by atoms with Crippen LogP contribution in [0.1, 0.15) is 41.5 Å². The summed E-state index contributed by atoms with van der Waals surface area (Å²) in [7, 11) is 0. The molecule has 0 rings (SSSR count). The Balaban J connectivity index is -0.000000133. The fraction of sp³-hybridized carbons (Fsp3) is 1.00. The van der Waals surface area contributed by atoms with Gasteiger partial charge in [-0.25, -0.2) is 0 Å². The Kier molecular flexibility index (Phi) is 44.2. The van der Waals surface area contributed by atoms with Crippen molar-refractivity contribution < 1.29 is 71.0 Å². The zero-order valence-electron chi connectivity index (χ0n) is 20.2.